The number of hydrogen-bond acceptors (Lipinski definition) is 4. The highest BCUT2D eigenvalue weighted by atomic mass is 79.9. The molecule has 0 radical (unpaired) electrons. The van der Waals surface area contributed by atoms with Crippen molar-refractivity contribution >= 4 is 44.5 Å². The SMILES string of the molecule is O=C(Nc1ccc2oc(=O)[nH]c2c1)C1CCCN1C(=O)c1ccc(Br)cc1. The number of aromatic amines is 1. The molecule has 2 heterocycles. The topological polar surface area (TPSA) is 95.4 Å². The van der Waals surface area contributed by atoms with Crippen molar-refractivity contribution in [3.8, 4) is 0 Å². The van der Waals surface area contributed by atoms with E-state index in [1.807, 2.05) is 0 Å². The van der Waals surface area contributed by atoms with Gasteiger partial charge in [-0.2, -0.15) is 0 Å². The van der Waals surface area contributed by atoms with Crippen molar-refractivity contribution in [3.05, 3.63) is 63.1 Å². The van der Waals surface area contributed by atoms with Gasteiger partial charge in [-0.15, -0.1) is 0 Å². The van der Waals surface area contributed by atoms with E-state index in [0.717, 1.165) is 10.9 Å². The zero-order valence-electron chi connectivity index (χ0n) is 14.2. The quantitative estimate of drug-likeness (QED) is 0.668. The lowest BCUT2D eigenvalue weighted by Crippen LogP contribution is -2.43. The molecule has 27 heavy (non-hydrogen) atoms. The largest absolute Gasteiger partial charge is 0.417 e. The first-order valence-electron chi connectivity index (χ1n) is 8.51. The normalized spacial score (nSPS) is 16.6. The van der Waals surface area contributed by atoms with Crippen LogP contribution in [0.2, 0.25) is 0 Å². The molecule has 1 aliphatic heterocycles. The Kier molecular flexibility index (Phi) is 4.57. The highest BCUT2D eigenvalue weighted by Crippen LogP contribution is 2.23. The maximum absolute atomic E-state index is 12.8. The molecule has 4 rings (SSSR count). The van der Waals surface area contributed by atoms with Crippen molar-refractivity contribution in [2.75, 3.05) is 11.9 Å². The van der Waals surface area contributed by atoms with Crippen LogP contribution in [0.15, 0.2) is 56.1 Å². The molecule has 7 nitrogen and oxygen atoms in total. The summed E-state index contributed by atoms with van der Waals surface area (Å²) in [4.78, 5) is 40.9. The summed E-state index contributed by atoms with van der Waals surface area (Å²) in [7, 11) is 0. The first-order valence-corrected chi connectivity index (χ1v) is 9.31. The van der Waals surface area contributed by atoms with E-state index in [9.17, 15) is 14.4 Å². The van der Waals surface area contributed by atoms with Crippen LogP contribution in [-0.4, -0.2) is 34.3 Å². The van der Waals surface area contributed by atoms with E-state index >= 15 is 0 Å². The van der Waals surface area contributed by atoms with Gasteiger partial charge in [-0.1, -0.05) is 15.9 Å². The van der Waals surface area contributed by atoms with E-state index in [4.69, 9.17) is 4.42 Å². The van der Waals surface area contributed by atoms with Gasteiger partial charge in [0, 0.05) is 22.3 Å². The highest BCUT2D eigenvalue weighted by molar-refractivity contribution is 9.10. The van der Waals surface area contributed by atoms with E-state index in [0.29, 0.717) is 35.3 Å². The smallest absolute Gasteiger partial charge is 0.408 e. The first kappa shape index (κ1) is 17.5. The maximum Gasteiger partial charge on any atom is 0.417 e. The number of benzene rings is 2. The molecule has 0 aliphatic carbocycles. The van der Waals surface area contributed by atoms with E-state index in [2.05, 4.69) is 26.2 Å². The molecule has 2 amide bonds. The minimum Gasteiger partial charge on any atom is -0.408 e. The molecule has 1 fully saturated rings. The Balaban J connectivity index is 1.51. The van der Waals surface area contributed by atoms with Crippen molar-refractivity contribution in [2.24, 2.45) is 0 Å². The van der Waals surface area contributed by atoms with Crippen molar-refractivity contribution in [1.82, 2.24) is 9.88 Å². The first-order chi connectivity index (χ1) is 13.0. The molecule has 3 aromatic rings. The third-order valence-corrected chi connectivity index (χ3v) is 5.12. The number of carbonyl (C=O) groups is 2. The molecule has 2 aromatic carbocycles. The number of likely N-dealkylation sites (tertiary alicyclic amines) is 1. The molecule has 0 saturated carbocycles. The van der Waals surface area contributed by atoms with Gasteiger partial charge in [0.15, 0.2) is 5.58 Å². The lowest BCUT2D eigenvalue weighted by Gasteiger charge is -2.24. The summed E-state index contributed by atoms with van der Waals surface area (Å²) in [6, 6.07) is 11.5. The zero-order valence-corrected chi connectivity index (χ0v) is 15.8. The van der Waals surface area contributed by atoms with Crippen molar-refractivity contribution in [2.45, 2.75) is 18.9 Å². The van der Waals surface area contributed by atoms with Crippen molar-refractivity contribution in [1.29, 1.82) is 0 Å². The molecule has 8 heteroatoms. The van der Waals surface area contributed by atoms with Crippen LogP contribution in [0.3, 0.4) is 0 Å². The van der Waals surface area contributed by atoms with E-state index in [1.54, 1.807) is 47.4 Å². The number of halogens is 1. The number of aromatic nitrogens is 1. The van der Waals surface area contributed by atoms with Gasteiger partial charge in [-0.3, -0.25) is 14.6 Å². The second-order valence-corrected chi connectivity index (χ2v) is 7.29. The fourth-order valence-electron chi connectivity index (χ4n) is 3.30. The maximum atomic E-state index is 12.8. The highest BCUT2D eigenvalue weighted by Gasteiger charge is 2.34. The van der Waals surface area contributed by atoms with Gasteiger partial charge in [-0.25, -0.2) is 4.79 Å². The summed E-state index contributed by atoms with van der Waals surface area (Å²) >= 11 is 3.35. The summed E-state index contributed by atoms with van der Waals surface area (Å²) in [5, 5.41) is 2.83. The van der Waals surface area contributed by atoms with Gasteiger partial charge in [0.1, 0.15) is 6.04 Å². The Morgan fingerprint density at radius 2 is 1.96 bits per heavy atom. The monoisotopic (exact) mass is 429 g/mol. The Labute approximate surface area is 162 Å². The Morgan fingerprint density at radius 1 is 1.19 bits per heavy atom. The van der Waals surface area contributed by atoms with Gasteiger partial charge >= 0.3 is 5.76 Å². The van der Waals surface area contributed by atoms with Crippen molar-refractivity contribution in [3.63, 3.8) is 0 Å². The fraction of sp³-hybridized carbons (Fsp3) is 0.211. The number of nitrogens with zero attached hydrogens (tertiary/aromatic N) is 1. The zero-order chi connectivity index (χ0) is 19.0. The van der Waals surface area contributed by atoms with Crippen molar-refractivity contribution < 1.29 is 14.0 Å². The molecule has 1 atom stereocenters. The molecular formula is C19H16BrN3O4. The number of fused-ring (bicyclic) bond motifs is 1. The molecule has 1 aliphatic rings. The number of rotatable bonds is 3. The number of hydrogen-bond donors (Lipinski definition) is 2. The van der Waals surface area contributed by atoms with Crippen LogP contribution in [0, 0.1) is 0 Å². The van der Waals surface area contributed by atoms with Gasteiger partial charge in [0.25, 0.3) is 5.91 Å². The van der Waals surface area contributed by atoms with Crippen LogP contribution >= 0.6 is 15.9 Å². The lowest BCUT2D eigenvalue weighted by molar-refractivity contribution is -0.119. The van der Waals surface area contributed by atoms with Gasteiger partial charge in [0.2, 0.25) is 5.91 Å². The van der Waals surface area contributed by atoms with Crippen LogP contribution in [-0.2, 0) is 4.79 Å². The number of anilines is 1. The molecule has 0 bridgehead atoms. The van der Waals surface area contributed by atoms with Crippen LogP contribution in [0.1, 0.15) is 23.2 Å². The van der Waals surface area contributed by atoms with Gasteiger partial charge in [0.05, 0.1) is 5.52 Å². The minimum absolute atomic E-state index is 0.158. The number of oxazole rings is 1. The molecular weight excluding hydrogens is 414 g/mol. The van der Waals surface area contributed by atoms with E-state index in [1.165, 1.54) is 0 Å². The van der Waals surface area contributed by atoms with E-state index < -0.39 is 11.8 Å². The Hall–Kier alpha value is -2.87. The second-order valence-electron chi connectivity index (χ2n) is 6.38. The fourth-order valence-corrected chi connectivity index (χ4v) is 3.56. The van der Waals surface area contributed by atoms with Crippen LogP contribution in [0.4, 0.5) is 5.69 Å². The lowest BCUT2D eigenvalue weighted by atomic mass is 10.1. The molecule has 0 spiro atoms. The third kappa shape index (κ3) is 3.52. The molecule has 1 saturated heterocycles. The third-order valence-electron chi connectivity index (χ3n) is 4.59. The molecule has 1 unspecified atom stereocenters. The summed E-state index contributed by atoms with van der Waals surface area (Å²) < 4.78 is 5.84. The van der Waals surface area contributed by atoms with Crippen LogP contribution in [0.25, 0.3) is 11.1 Å². The molecule has 1 aromatic heterocycles. The summed E-state index contributed by atoms with van der Waals surface area (Å²) in [5.74, 6) is -0.951. The second kappa shape index (κ2) is 7.03. The summed E-state index contributed by atoms with van der Waals surface area (Å²) in [5.41, 5.74) is 2.01. The number of carbonyl (C=O) groups excluding carboxylic acids is 2. The Bertz CT molecular complexity index is 1070. The van der Waals surface area contributed by atoms with E-state index in [-0.39, 0.29) is 11.8 Å². The average Bonchev–Trinajstić information content (AvgIpc) is 3.27. The summed E-state index contributed by atoms with van der Waals surface area (Å²) in [6.07, 6.45) is 1.38. The van der Waals surface area contributed by atoms with Gasteiger partial charge in [-0.05, 0) is 55.3 Å². The van der Waals surface area contributed by atoms with Crippen LogP contribution < -0.4 is 11.1 Å². The number of H-pyrrole nitrogens is 1. The average molecular weight is 430 g/mol. The predicted octanol–water partition coefficient (Wildman–Crippen LogP) is 3.13. The summed E-state index contributed by atoms with van der Waals surface area (Å²) in [6.45, 7) is 0.543. The molecule has 2 N–H and O–H groups in total. The number of nitrogens with one attached hydrogen (secondary N) is 2. The Morgan fingerprint density at radius 3 is 2.74 bits per heavy atom. The molecule has 138 valence electrons. The minimum atomic E-state index is -0.546. The van der Waals surface area contributed by atoms with Crippen LogP contribution in [0.5, 0.6) is 0 Å². The van der Waals surface area contributed by atoms with Gasteiger partial charge < -0.3 is 14.6 Å². The predicted molar refractivity (Wildman–Crippen MR) is 104 cm³/mol. The standard InChI is InChI=1S/C19H16BrN3O4/c20-12-5-3-11(4-6-12)18(25)23-9-1-2-15(23)17(24)21-13-7-8-16-14(10-13)22-19(26)27-16/h3-8,10,15H,1-2,9H2,(H,21,24)(H,22,26). The number of amides is 2.